The number of nitrogens with one attached hydrogen (secondary N) is 1. The number of nitrogens with zero attached hydrogens (tertiary/aromatic N) is 3. The summed E-state index contributed by atoms with van der Waals surface area (Å²) in [7, 11) is 1.64. The van der Waals surface area contributed by atoms with Crippen molar-refractivity contribution >= 4 is 18.5 Å². The molecule has 7 heteroatoms. The minimum absolute atomic E-state index is 0.0569. The van der Waals surface area contributed by atoms with Crippen molar-refractivity contribution in [2.75, 3.05) is 13.4 Å². The van der Waals surface area contributed by atoms with E-state index in [9.17, 15) is 4.79 Å². The van der Waals surface area contributed by atoms with Gasteiger partial charge in [0.2, 0.25) is 5.91 Å². The first kappa shape index (κ1) is 31.7. The number of hydrogen-bond donors (Lipinski definition) is 2. The van der Waals surface area contributed by atoms with Crippen LogP contribution in [0.25, 0.3) is 0 Å². The SMILES string of the molecule is C=CCCC=C.COc1ccccc1CNC(=O)CCCCc1nncn1CCc1ccccc1.CS. The van der Waals surface area contributed by atoms with Crippen molar-refractivity contribution in [2.24, 2.45) is 0 Å². The van der Waals surface area contributed by atoms with E-state index >= 15 is 0 Å². The first-order valence-corrected chi connectivity index (χ1v) is 13.5. The predicted molar refractivity (Wildman–Crippen MR) is 157 cm³/mol. The van der Waals surface area contributed by atoms with E-state index in [1.54, 1.807) is 19.7 Å². The number of rotatable bonds is 14. The molecule has 2 aromatic carbocycles. The van der Waals surface area contributed by atoms with Gasteiger partial charge < -0.3 is 14.6 Å². The van der Waals surface area contributed by atoms with Crippen LogP contribution >= 0.6 is 12.6 Å². The minimum Gasteiger partial charge on any atom is -0.496 e. The van der Waals surface area contributed by atoms with Gasteiger partial charge in [-0.1, -0.05) is 60.7 Å². The molecule has 0 aliphatic carbocycles. The van der Waals surface area contributed by atoms with Crippen LogP contribution in [-0.2, 0) is 30.7 Å². The molecular weight excluding hydrogens is 480 g/mol. The van der Waals surface area contributed by atoms with Gasteiger partial charge in [-0.2, -0.15) is 12.6 Å². The predicted octanol–water partition coefficient (Wildman–Crippen LogP) is 6.24. The maximum absolute atomic E-state index is 12.1. The summed E-state index contributed by atoms with van der Waals surface area (Å²) in [4.78, 5) is 12.1. The first-order chi connectivity index (χ1) is 18.2. The Hall–Kier alpha value is -3.32. The molecule has 0 aliphatic rings. The summed E-state index contributed by atoms with van der Waals surface area (Å²) < 4.78 is 7.42. The molecule has 0 saturated heterocycles. The van der Waals surface area contributed by atoms with Gasteiger partial charge in [0, 0.05) is 31.5 Å². The Morgan fingerprint density at radius 2 is 1.68 bits per heavy atom. The van der Waals surface area contributed by atoms with E-state index in [0.29, 0.717) is 13.0 Å². The van der Waals surface area contributed by atoms with Crippen LogP contribution in [0.1, 0.15) is 49.1 Å². The lowest BCUT2D eigenvalue weighted by Crippen LogP contribution is -2.22. The summed E-state index contributed by atoms with van der Waals surface area (Å²) in [6.07, 6.45) is 13.4. The largest absolute Gasteiger partial charge is 0.496 e. The number of amides is 1. The van der Waals surface area contributed by atoms with Gasteiger partial charge >= 0.3 is 0 Å². The highest BCUT2D eigenvalue weighted by Gasteiger charge is 2.07. The summed E-state index contributed by atoms with van der Waals surface area (Å²) in [5.41, 5.74) is 2.29. The van der Waals surface area contributed by atoms with Crippen LogP contribution in [0.15, 0.2) is 86.2 Å². The van der Waals surface area contributed by atoms with Crippen molar-refractivity contribution in [1.82, 2.24) is 20.1 Å². The second kappa shape index (κ2) is 20.8. The van der Waals surface area contributed by atoms with Crippen LogP contribution in [0.5, 0.6) is 5.75 Å². The van der Waals surface area contributed by atoms with Gasteiger partial charge in [-0.3, -0.25) is 4.79 Å². The van der Waals surface area contributed by atoms with Gasteiger partial charge in [0.15, 0.2) is 0 Å². The fraction of sp³-hybridized carbons (Fsp3) is 0.367. The lowest BCUT2D eigenvalue weighted by Gasteiger charge is -2.09. The van der Waals surface area contributed by atoms with Crippen LogP contribution in [-0.4, -0.2) is 34.0 Å². The third-order valence-corrected chi connectivity index (χ3v) is 5.48. The number of carbonyl (C=O) groups is 1. The molecule has 0 unspecified atom stereocenters. The van der Waals surface area contributed by atoms with Crippen LogP contribution < -0.4 is 10.1 Å². The second-order valence-corrected chi connectivity index (χ2v) is 8.13. The van der Waals surface area contributed by atoms with Gasteiger partial charge in [-0.15, -0.1) is 23.4 Å². The van der Waals surface area contributed by atoms with E-state index in [2.05, 4.69) is 70.1 Å². The Bertz CT molecular complexity index is 1010. The molecule has 1 heterocycles. The van der Waals surface area contributed by atoms with Crippen LogP contribution in [0, 0.1) is 0 Å². The third kappa shape index (κ3) is 13.5. The molecule has 37 heavy (non-hydrogen) atoms. The summed E-state index contributed by atoms with van der Waals surface area (Å²) in [5.74, 6) is 1.83. The highest BCUT2D eigenvalue weighted by Crippen LogP contribution is 2.16. The quantitative estimate of drug-likeness (QED) is 0.149. The number of ether oxygens (including phenoxy) is 1. The number of thiol groups is 1. The molecule has 0 saturated carbocycles. The van der Waals surface area contributed by atoms with Gasteiger partial charge in [0.05, 0.1) is 7.11 Å². The van der Waals surface area contributed by atoms with Crippen molar-refractivity contribution in [3.63, 3.8) is 0 Å². The summed E-state index contributed by atoms with van der Waals surface area (Å²) in [6.45, 7) is 8.45. The number of unbranched alkanes of at least 4 members (excludes halogenated alkanes) is 2. The van der Waals surface area contributed by atoms with Crippen molar-refractivity contribution in [1.29, 1.82) is 0 Å². The lowest BCUT2D eigenvalue weighted by molar-refractivity contribution is -0.121. The third-order valence-electron chi connectivity index (χ3n) is 5.48. The molecule has 0 atom stereocenters. The Morgan fingerprint density at radius 3 is 2.35 bits per heavy atom. The fourth-order valence-corrected chi connectivity index (χ4v) is 3.49. The summed E-state index contributed by atoms with van der Waals surface area (Å²) in [6, 6.07) is 18.1. The van der Waals surface area contributed by atoms with Crippen molar-refractivity contribution in [2.45, 2.75) is 58.0 Å². The van der Waals surface area contributed by atoms with Crippen molar-refractivity contribution in [3.05, 3.63) is 103 Å². The molecule has 3 aromatic rings. The number of aromatic nitrogens is 3. The second-order valence-electron chi connectivity index (χ2n) is 8.13. The molecule has 200 valence electrons. The van der Waals surface area contributed by atoms with Gasteiger partial charge in [-0.05, 0) is 50.0 Å². The minimum atomic E-state index is 0.0569. The Morgan fingerprint density at radius 1 is 1.00 bits per heavy atom. The number of para-hydroxylation sites is 1. The van der Waals surface area contributed by atoms with Gasteiger partial charge in [-0.25, -0.2) is 0 Å². The molecule has 0 radical (unpaired) electrons. The number of allylic oxidation sites excluding steroid dienone is 2. The Labute approximate surface area is 228 Å². The molecule has 0 bridgehead atoms. The van der Waals surface area contributed by atoms with Crippen LogP contribution in [0.2, 0.25) is 0 Å². The number of methoxy groups -OCH3 is 1. The Kier molecular flexibility index (Phi) is 17.9. The monoisotopic (exact) mass is 522 g/mol. The van der Waals surface area contributed by atoms with E-state index in [0.717, 1.165) is 62.2 Å². The zero-order valence-corrected chi connectivity index (χ0v) is 23.2. The molecule has 3 rings (SSSR count). The topological polar surface area (TPSA) is 69.0 Å². The zero-order valence-electron chi connectivity index (χ0n) is 22.3. The molecule has 6 nitrogen and oxygen atoms in total. The Balaban J connectivity index is 0.000000752. The maximum atomic E-state index is 12.1. The smallest absolute Gasteiger partial charge is 0.220 e. The van der Waals surface area contributed by atoms with E-state index < -0.39 is 0 Å². The van der Waals surface area contributed by atoms with Gasteiger partial charge in [0.25, 0.3) is 0 Å². The number of benzene rings is 2. The van der Waals surface area contributed by atoms with E-state index in [-0.39, 0.29) is 5.91 Å². The van der Waals surface area contributed by atoms with Crippen molar-refractivity contribution < 1.29 is 9.53 Å². The van der Waals surface area contributed by atoms with Crippen LogP contribution in [0.4, 0.5) is 0 Å². The van der Waals surface area contributed by atoms with Crippen molar-refractivity contribution in [3.8, 4) is 5.75 Å². The maximum Gasteiger partial charge on any atom is 0.220 e. The molecular formula is C30H42N4O2S. The van der Waals surface area contributed by atoms with Crippen LogP contribution in [0.3, 0.4) is 0 Å². The highest BCUT2D eigenvalue weighted by atomic mass is 32.1. The normalized spacial score (nSPS) is 9.70. The summed E-state index contributed by atoms with van der Waals surface area (Å²) in [5, 5.41) is 11.3. The average molecular weight is 523 g/mol. The zero-order chi connectivity index (χ0) is 27.1. The molecule has 1 N–H and O–H groups in total. The number of hydrogen-bond acceptors (Lipinski definition) is 5. The molecule has 1 amide bonds. The molecule has 0 spiro atoms. The molecule has 0 aliphatic heterocycles. The number of aryl methyl sites for hydroxylation is 3. The average Bonchev–Trinajstić information content (AvgIpc) is 3.41. The van der Waals surface area contributed by atoms with Gasteiger partial charge in [0.1, 0.15) is 17.9 Å². The van der Waals surface area contributed by atoms with E-state index in [1.165, 1.54) is 5.56 Å². The lowest BCUT2D eigenvalue weighted by atomic mass is 10.1. The van der Waals surface area contributed by atoms with E-state index in [4.69, 9.17) is 4.74 Å². The number of carbonyl (C=O) groups excluding carboxylic acids is 1. The fourth-order valence-electron chi connectivity index (χ4n) is 3.49. The standard InChI is InChI=1S/C23H28N4O2.C6H10.CH4S/c1-29-21-12-6-5-11-20(21)17-24-23(28)14-8-7-13-22-26-25-18-27(22)16-15-19-9-3-2-4-10-19;1-3-5-6-4-2;1-2/h2-6,9-12,18H,7-8,13-17H2,1H3,(H,24,28);3-4H,1-2,5-6H2;2H,1H3. The summed E-state index contributed by atoms with van der Waals surface area (Å²) >= 11 is 3.53. The first-order valence-electron chi connectivity index (χ1n) is 12.6. The molecule has 0 fully saturated rings. The molecule has 1 aromatic heterocycles. The van der Waals surface area contributed by atoms with E-state index in [1.807, 2.05) is 42.5 Å². The highest BCUT2D eigenvalue weighted by molar-refractivity contribution is 7.79.